The van der Waals surface area contributed by atoms with E-state index in [1.165, 1.54) is 0 Å². The largest absolute Gasteiger partial charge is 0.330 e. The van der Waals surface area contributed by atoms with Gasteiger partial charge < -0.3 is 4.90 Å². The molecule has 0 atom stereocenters. The first-order valence-corrected chi connectivity index (χ1v) is 10.2. The van der Waals surface area contributed by atoms with E-state index in [-0.39, 0.29) is 5.91 Å². The van der Waals surface area contributed by atoms with Crippen LogP contribution in [0.15, 0.2) is 109 Å². The van der Waals surface area contributed by atoms with Crippen LogP contribution in [0.4, 0.5) is 0 Å². The summed E-state index contributed by atoms with van der Waals surface area (Å²) < 4.78 is 0. The van der Waals surface area contributed by atoms with Gasteiger partial charge in [0.25, 0.3) is 5.91 Å². The van der Waals surface area contributed by atoms with E-state index in [1.54, 1.807) is 0 Å². The zero-order valence-electron chi connectivity index (χ0n) is 17.2. The molecule has 4 aromatic rings. The Labute approximate surface area is 178 Å². The van der Waals surface area contributed by atoms with Gasteiger partial charge in [-0.25, -0.2) is 0 Å². The summed E-state index contributed by atoms with van der Waals surface area (Å²) in [4.78, 5) is 15.8. The summed E-state index contributed by atoms with van der Waals surface area (Å²) in [6, 6.07) is 36.6. The normalized spacial score (nSPS) is 10.6. The van der Waals surface area contributed by atoms with E-state index >= 15 is 0 Å². The Morgan fingerprint density at radius 1 is 0.667 bits per heavy atom. The van der Waals surface area contributed by atoms with Gasteiger partial charge in [-0.1, -0.05) is 109 Å². The number of nitrogens with zero attached hydrogens (tertiary/aromatic N) is 1. The fourth-order valence-corrected chi connectivity index (χ4v) is 3.68. The van der Waals surface area contributed by atoms with Gasteiger partial charge in [0, 0.05) is 18.7 Å². The molecule has 0 aliphatic heterocycles. The number of rotatable bonds is 6. The molecule has 0 N–H and O–H groups in total. The summed E-state index contributed by atoms with van der Waals surface area (Å²) in [5.41, 5.74) is 6.09. The molecule has 0 aliphatic rings. The quantitative estimate of drug-likeness (QED) is 0.367. The molecule has 0 bridgehead atoms. The summed E-state index contributed by atoms with van der Waals surface area (Å²) in [5, 5.41) is 0. The van der Waals surface area contributed by atoms with Crippen molar-refractivity contribution in [3.05, 3.63) is 131 Å². The van der Waals surface area contributed by atoms with Gasteiger partial charge in [0.05, 0.1) is 0 Å². The smallest absolute Gasteiger partial charge is 0.255 e. The fraction of sp³-hybridized carbons (Fsp3) is 0.107. The number of carbonyl (C=O) groups is 1. The highest BCUT2D eigenvalue weighted by molar-refractivity contribution is 6.01. The maximum Gasteiger partial charge on any atom is 0.255 e. The van der Waals surface area contributed by atoms with Gasteiger partial charge in [-0.2, -0.15) is 0 Å². The minimum atomic E-state index is 0.0465. The predicted molar refractivity (Wildman–Crippen MR) is 123 cm³/mol. The van der Waals surface area contributed by atoms with Crippen LogP contribution in [0, 0.1) is 6.92 Å². The van der Waals surface area contributed by atoms with Crippen LogP contribution in [0.3, 0.4) is 0 Å². The Bertz CT molecular complexity index is 1060. The number of hydrogen-bond donors (Lipinski definition) is 0. The second kappa shape index (κ2) is 9.23. The van der Waals surface area contributed by atoms with Gasteiger partial charge in [-0.3, -0.25) is 4.79 Å². The number of amides is 1. The average Bonchev–Trinajstić information content (AvgIpc) is 2.80. The third-order valence-electron chi connectivity index (χ3n) is 5.21. The summed E-state index contributed by atoms with van der Waals surface area (Å²) in [5.74, 6) is 0.0465. The van der Waals surface area contributed by atoms with Gasteiger partial charge in [-0.05, 0) is 35.2 Å². The van der Waals surface area contributed by atoms with Crippen LogP contribution in [0.1, 0.15) is 27.0 Å². The summed E-state index contributed by atoms with van der Waals surface area (Å²) in [7, 11) is 0. The van der Waals surface area contributed by atoms with Crippen LogP contribution >= 0.6 is 0 Å². The predicted octanol–water partition coefficient (Wildman–Crippen LogP) is 6.50. The van der Waals surface area contributed by atoms with E-state index < -0.39 is 0 Å². The standard InChI is InChI=1S/C28H25NO/c1-22-17-18-26(25-15-9-4-10-16-25)27(19-22)28(30)29(20-23-11-5-2-6-12-23)21-24-13-7-3-8-14-24/h2-19H,20-21H2,1H3. The van der Waals surface area contributed by atoms with Crippen molar-refractivity contribution >= 4 is 5.91 Å². The molecule has 30 heavy (non-hydrogen) atoms. The van der Waals surface area contributed by atoms with Gasteiger partial charge in [0.1, 0.15) is 0 Å². The van der Waals surface area contributed by atoms with Crippen LogP contribution < -0.4 is 0 Å². The molecule has 0 aromatic heterocycles. The molecule has 0 aliphatic carbocycles. The minimum absolute atomic E-state index is 0.0465. The Hall–Kier alpha value is -3.65. The van der Waals surface area contributed by atoms with Crippen molar-refractivity contribution in [3.63, 3.8) is 0 Å². The monoisotopic (exact) mass is 391 g/mol. The summed E-state index contributed by atoms with van der Waals surface area (Å²) >= 11 is 0. The van der Waals surface area contributed by atoms with Crippen molar-refractivity contribution in [2.24, 2.45) is 0 Å². The molecule has 0 fully saturated rings. The SMILES string of the molecule is Cc1ccc(-c2ccccc2)c(C(=O)N(Cc2ccccc2)Cc2ccccc2)c1. The van der Waals surface area contributed by atoms with Crippen molar-refractivity contribution in [2.75, 3.05) is 0 Å². The van der Waals surface area contributed by atoms with Gasteiger partial charge in [0.2, 0.25) is 0 Å². The molecule has 2 nitrogen and oxygen atoms in total. The van der Waals surface area contributed by atoms with E-state index in [1.807, 2.05) is 72.5 Å². The molecular weight excluding hydrogens is 366 g/mol. The highest BCUT2D eigenvalue weighted by atomic mass is 16.2. The zero-order chi connectivity index (χ0) is 20.8. The van der Waals surface area contributed by atoms with Gasteiger partial charge >= 0.3 is 0 Å². The van der Waals surface area contributed by atoms with Crippen LogP contribution in [0.25, 0.3) is 11.1 Å². The van der Waals surface area contributed by atoms with Crippen LogP contribution in [-0.2, 0) is 13.1 Å². The molecule has 2 heteroatoms. The third kappa shape index (κ3) is 4.66. The third-order valence-corrected chi connectivity index (χ3v) is 5.21. The van der Waals surface area contributed by atoms with Crippen LogP contribution in [0.5, 0.6) is 0 Å². The summed E-state index contributed by atoms with van der Waals surface area (Å²) in [6.45, 7) is 3.16. The lowest BCUT2D eigenvalue weighted by Crippen LogP contribution is -2.30. The molecule has 0 saturated carbocycles. The van der Waals surface area contributed by atoms with E-state index in [0.717, 1.165) is 33.4 Å². The first-order valence-electron chi connectivity index (χ1n) is 10.2. The number of hydrogen-bond acceptors (Lipinski definition) is 1. The van der Waals surface area contributed by atoms with Crippen molar-refractivity contribution in [3.8, 4) is 11.1 Å². The maximum atomic E-state index is 13.8. The Kier molecular flexibility index (Phi) is 6.05. The first kappa shape index (κ1) is 19.7. The van der Waals surface area contributed by atoms with E-state index in [4.69, 9.17) is 0 Å². The van der Waals surface area contributed by atoms with E-state index in [2.05, 4.69) is 48.5 Å². The Morgan fingerprint density at radius 3 is 1.70 bits per heavy atom. The first-order chi connectivity index (χ1) is 14.7. The molecule has 4 rings (SSSR count). The van der Waals surface area contributed by atoms with Crippen molar-refractivity contribution < 1.29 is 4.79 Å². The number of aryl methyl sites for hydroxylation is 1. The van der Waals surface area contributed by atoms with Crippen molar-refractivity contribution in [2.45, 2.75) is 20.0 Å². The molecule has 0 saturated heterocycles. The Morgan fingerprint density at radius 2 is 1.17 bits per heavy atom. The van der Waals surface area contributed by atoms with Crippen molar-refractivity contribution in [1.82, 2.24) is 4.90 Å². The molecule has 4 aromatic carbocycles. The molecule has 0 unspecified atom stereocenters. The molecule has 0 radical (unpaired) electrons. The van der Waals surface area contributed by atoms with Gasteiger partial charge in [0.15, 0.2) is 0 Å². The highest BCUT2D eigenvalue weighted by Gasteiger charge is 2.20. The lowest BCUT2D eigenvalue weighted by molar-refractivity contribution is 0.0730. The molecule has 0 heterocycles. The second-order valence-corrected chi connectivity index (χ2v) is 7.55. The Balaban J connectivity index is 1.73. The average molecular weight is 392 g/mol. The minimum Gasteiger partial charge on any atom is -0.330 e. The molecule has 0 spiro atoms. The second-order valence-electron chi connectivity index (χ2n) is 7.55. The number of carbonyl (C=O) groups excluding carboxylic acids is 1. The maximum absolute atomic E-state index is 13.8. The van der Waals surface area contributed by atoms with E-state index in [0.29, 0.717) is 13.1 Å². The lowest BCUT2D eigenvalue weighted by Gasteiger charge is -2.25. The van der Waals surface area contributed by atoms with E-state index in [9.17, 15) is 4.79 Å². The molecule has 148 valence electrons. The molecular formula is C28H25NO. The fourth-order valence-electron chi connectivity index (χ4n) is 3.68. The molecule has 1 amide bonds. The van der Waals surface area contributed by atoms with Crippen LogP contribution in [0.2, 0.25) is 0 Å². The van der Waals surface area contributed by atoms with Crippen molar-refractivity contribution in [1.29, 1.82) is 0 Å². The number of benzene rings is 4. The van der Waals surface area contributed by atoms with Gasteiger partial charge in [-0.15, -0.1) is 0 Å². The summed E-state index contributed by atoms with van der Waals surface area (Å²) in [6.07, 6.45) is 0. The van der Waals surface area contributed by atoms with Crippen LogP contribution in [-0.4, -0.2) is 10.8 Å². The lowest BCUT2D eigenvalue weighted by atomic mass is 9.96. The highest BCUT2D eigenvalue weighted by Crippen LogP contribution is 2.27. The topological polar surface area (TPSA) is 20.3 Å². The zero-order valence-corrected chi connectivity index (χ0v) is 17.2.